The normalized spacial score (nSPS) is 13.2. The molecule has 0 aromatic rings. The number of aliphatic hydroxyl groups is 2. The predicted octanol–water partition coefficient (Wildman–Crippen LogP) is 0.367. The van der Waals surface area contributed by atoms with Gasteiger partial charge in [0.15, 0.2) is 0 Å². The van der Waals surface area contributed by atoms with Crippen LogP contribution in [0, 0.1) is 5.92 Å². The fourth-order valence-electron chi connectivity index (χ4n) is 1.14. The van der Waals surface area contributed by atoms with Gasteiger partial charge >= 0.3 is 0 Å². The highest BCUT2D eigenvalue weighted by Gasteiger charge is 1.99. The maximum Gasteiger partial charge on any atom is 0.0555 e. The molecule has 0 saturated carbocycles. The first-order chi connectivity index (χ1) is 5.81. The van der Waals surface area contributed by atoms with Crippen LogP contribution < -0.4 is 5.32 Å². The number of hydrogen-bond donors (Lipinski definition) is 3. The summed E-state index contributed by atoms with van der Waals surface area (Å²) in [5.41, 5.74) is 0. The van der Waals surface area contributed by atoms with Crippen molar-refractivity contribution < 1.29 is 10.2 Å². The smallest absolute Gasteiger partial charge is 0.0555 e. The number of aliphatic hydroxyl groups excluding tert-OH is 2. The predicted molar refractivity (Wildman–Crippen MR) is 50.1 cm³/mol. The van der Waals surface area contributed by atoms with Gasteiger partial charge in [-0.05, 0) is 31.7 Å². The largest absolute Gasteiger partial charge is 0.396 e. The van der Waals surface area contributed by atoms with E-state index in [1.54, 1.807) is 0 Å². The first-order valence-corrected chi connectivity index (χ1v) is 4.73. The fourth-order valence-corrected chi connectivity index (χ4v) is 1.14. The lowest BCUT2D eigenvalue weighted by atomic mass is 10.0. The zero-order chi connectivity index (χ0) is 9.23. The fraction of sp³-hybridized carbons (Fsp3) is 1.00. The van der Waals surface area contributed by atoms with Crippen molar-refractivity contribution in [3.63, 3.8) is 0 Å². The van der Waals surface area contributed by atoms with Crippen LogP contribution in [0.15, 0.2) is 0 Å². The van der Waals surface area contributed by atoms with Gasteiger partial charge in [-0.2, -0.15) is 0 Å². The standard InChI is InChI=1S/C9H21NO2/c1-9(4-7-11)3-2-5-10-6-8-12/h9-12H,2-8H2,1H3. The van der Waals surface area contributed by atoms with E-state index in [1.165, 1.54) is 0 Å². The van der Waals surface area contributed by atoms with Gasteiger partial charge in [0.2, 0.25) is 0 Å². The molecule has 12 heavy (non-hydrogen) atoms. The Hall–Kier alpha value is -0.120. The van der Waals surface area contributed by atoms with Crippen molar-refractivity contribution >= 4 is 0 Å². The molecule has 0 radical (unpaired) electrons. The Bertz CT molecular complexity index is 88.6. The number of nitrogens with one attached hydrogen (secondary N) is 1. The quantitative estimate of drug-likeness (QED) is 0.467. The Balaban J connectivity index is 2.97. The van der Waals surface area contributed by atoms with Crippen LogP contribution in [0.3, 0.4) is 0 Å². The van der Waals surface area contributed by atoms with Gasteiger partial charge in [-0.25, -0.2) is 0 Å². The maximum absolute atomic E-state index is 8.63. The van der Waals surface area contributed by atoms with E-state index in [2.05, 4.69) is 12.2 Å². The van der Waals surface area contributed by atoms with Gasteiger partial charge in [0.25, 0.3) is 0 Å². The van der Waals surface area contributed by atoms with Crippen LogP contribution in [0.1, 0.15) is 26.2 Å². The highest BCUT2D eigenvalue weighted by molar-refractivity contribution is 4.54. The van der Waals surface area contributed by atoms with Crippen molar-refractivity contribution in [1.29, 1.82) is 0 Å². The molecule has 0 rings (SSSR count). The van der Waals surface area contributed by atoms with Crippen LogP contribution in [0.25, 0.3) is 0 Å². The van der Waals surface area contributed by atoms with Crippen molar-refractivity contribution in [2.75, 3.05) is 26.3 Å². The summed E-state index contributed by atoms with van der Waals surface area (Å²) >= 11 is 0. The van der Waals surface area contributed by atoms with Crippen molar-refractivity contribution in [3.8, 4) is 0 Å². The average molecular weight is 175 g/mol. The molecule has 0 heterocycles. The van der Waals surface area contributed by atoms with Gasteiger partial charge in [0, 0.05) is 13.2 Å². The van der Waals surface area contributed by atoms with Crippen LogP contribution >= 0.6 is 0 Å². The molecule has 3 nitrogen and oxygen atoms in total. The van der Waals surface area contributed by atoms with Gasteiger partial charge in [-0.15, -0.1) is 0 Å². The molecule has 1 atom stereocenters. The van der Waals surface area contributed by atoms with Crippen LogP contribution in [0.4, 0.5) is 0 Å². The molecule has 0 aliphatic heterocycles. The first-order valence-electron chi connectivity index (χ1n) is 4.73. The minimum absolute atomic E-state index is 0.214. The molecule has 0 saturated heterocycles. The van der Waals surface area contributed by atoms with Crippen LogP contribution in [-0.2, 0) is 0 Å². The molecule has 0 spiro atoms. The first kappa shape index (κ1) is 11.9. The summed E-state index contributed by atoms with van der Waals surface area (Å²) in [6.45, 7) is 4.32. The monoisotopic (exact) mass is 175 g/mol. The second kappa shape index (κ2) is 8.97. The third-order valence-electron chi connectivity index (χ3n) is 1.96. The van der Waals surface area contributed by atoms with E-state index in [0.29, 0.717) is 19.1 Å². The molecular weight excluding hydrogens is 154 g/mol. The van der Waals surface area contributed by atoms with Crippen molar-refractivity contribution in [2.24, 2.45) is 5.92 Å². The minimum Gasteiger partial charge on any atom is -0.396 e. The topological polar surface area (TPSA) is 52.5 Å². The van der Waals surface area contributed by atoms with Crippen molar-refractivity contribution in [2.45, 2.75) is 26.2 Å². The molecule has 0 amide bonds. The van der Waals surface area contributed by atoms with E-state index in [0.717, 1.165) is 25.8 Å². The van der Waals surface area contributed by atoms with Gasteiger partial charge < -0.3 is 15.5 Å². The van der Waals surface area contributed by atoms with Gasteiger partial charge in [0.05, 0.1) is 6.61 Å². The molecule has 0 fully saturated rings. The summed E-state index contributed by atoms with van der Waals surface area (Å²) < 4.78 is 0. The SMILES string of the molecule is CC(CCO)CCCNCCO. The molecular formula is C9H21NO2. The van der Waals surface area contributed by atoms with E-state index in [4.69, 9.17) is 10.2 Å². The number of rotatable bonds is 8. The lowest BCUT2D eigenvalue weighted by Gasteiger charge is -2.08. The van der Waals surface area contributed by atoms with E-state index in [1.807, 2.05) is 0 Å². The lowest BCUT2D eigenvalue weighted by Crippen LogP contribution is -2.19. The van der Waals surface area contributed by atoms with Crippen molar-refractivity contribution in [3.05, 3.63) is 0 Å². The second-order valence-corrected chi connectivity index (χ2v) is 3.23. The summed E-state index contributed by atoms with van der Waals surface area (Å²) in [7, 11) is 0. The van der Waals surface area contributed by atoms with E-state index in [-0.39, 0.29) is 6.61 Å². The highest BCUT2D eigenvalue weighted by Crippen LogP contribution is 2.08. The molecule has 3 N–H and O–H groups in total. The van der Waals surface area contributed by atoms with Crippen molar-refractivity contribution in [1.82, 2.24) is 5.32 Å². The van der Waals surface area contributed by atoms with Crippen LogP contribution in [-0.4, -0.2) is 36.5 Å². The average Bonchev–Trinajstić information content (AvgIpc) is 2.05. The molecule has 0 bridgehead atoms. The Labute approximate surface area is 74.8 Å². The lowest BCUT2D eigenvalue weighted by molar-refractivity contribution is 0.256. The highest BCUT2D eigenvalue weighted by atomic mass is 16.3. The van der Waals surface area contributed by atoms with Crippen LogP contribution in [0.5, 0.6) is 0 Å². The van der Waals surface area contributed by atoms with Crippen LogP contribution in [0.2, 0.25) is 0 Å². The minimum atomic E-state index is 0.214. The summed E-state index contributed by atoms with van der Waals surface area (Å²) in [4.78, 5) is 0. The zero-order valence-corrected chi connectivity index (χ0v) is 7.92. The molecule has 0 aromatic heterocycles. The molecule has 1 unspecified atom stereocenters. The third-order valence-corrected chi connectivity index (χ3v) is 1.96. The van der Waals surface area contributed by atoms with Gasteiger partial charge in [0.1, 0.15) is 0 Å². The summed E-state index contributed by atoms with van der Waals surface area (Å²) in [5.74, 6) is 0.617. The molecule has 74 valence electrons. The Kier molecular flexibility index (Phi) is 8.88. The second-order valence-electron chi connectivity index (χ2n) is 3.23. The Morgan fingerprint density at radius 2 is 1.83 bits per heavy atom. The molecule has 3 heteroatoms. The van der Waals surface area contributed by atoms with E-state index >= 15 is 0 Å². The molecule has 0 aliphatic rings. The maximum atomic E-state index is 8.63. The summed E-state index contributed by atoms with van der Waals surface area (Å²) in [5, 5.41) is 20.2. The van der Waals surface area contributed by atoms with E-state index in [9.17, 15) is 0 Å². The Morgan fingerprint density at radius 1 is 1.08 bits per heavy atom. The number of hydrogen-bond acceptors (Lipinski definition) is 3. The Morgan fingerprint density at radius 3 is 2.42 bits per heavy atom. The summed E-state index contributed by atoms with van der Waals surface area (Å²) in [6, 6.07) is 0. The molecule has 0 aromatic carbocycles. The zero-order valence-electron chi connectivity index (χ0n) is 7.92. The van der Waals surface area contributed by atoms with Gasteiger partial charge in [-0.1, -0.05) is 6.92 Å². The van der Waals surface area contributed by atoms with Gasteiger partial charge in [-0.3, -0.25) is 0 Å². The molecule has 0 aliphatic carbocycles. The van der Waals surface area contributed by atoms with E-state index < -0.39 is 0 Å². The summed E-state index contributed by atoms with van der Waals surface area (Å²) in [6.07, 6.45) is 3.18. The third kappa shape index (κ3) is 7.98.